The molecule has 154 valence electrons. The molecule has 0 aliphatic rings. The van der Waals surface area contributed by atoms with E-state index in [0.717, 1.165) is 5.69 Å². The van der Waals surface area contributed by atoms with Crippen LogP contribution in [0.15, 0.2) is 87.9 Å². The van der Waals surface area contributed by atoms with Gasteiger partial charge in [-0.25, -0.2) is 8.42 Å². The Morgan fingerprint density at radius 3 is 1.97 bits per heavy atom. The zero-order valence-electron chi connectivity index (χ0n) is 16.5. The Kier molecular flexibility index (Phi) is 6.51. The van der Waals surface area contributed by atoms with E-state index >= 15 is 0 Å². The summed E-state index contributed by atoms with van der Waals surface area (Å²) in [5, 5.41) is 26.7. The molecule has 3 aromatic rings. The molecular formula is C20H21BN4O4S. The van der Waals surface area contributed by atoms with Gasteiger partial charge < -0.3 is 14.9 Å². The lowest BCUT2D eigenvalue weighted by Crippen LogP contribution is -2.30. The second-order valence-corrected chi connectivity index (χ2v) is 8.39. The Morgan fingerprint density at radius 1 is 0.867 bits per heavy atom. The Labute approximate surface area is 175 Å². The third kappa shape index (κ3) is 5.44. The van der Waals surface area contributed by atoms with Crippen LogP contribution >= 0.6 is 0 Å². The molecule has 0 saturated heterocycles. The number of benzene rings is 3. The molecule has 3 N–H and O–H groups in total. The second-order valence-electron chi connectivity index (χ2n) is 6.71. The van der Waals surface area contributed by atoms with Gasteiger partial charge in [0.05, 0.1) is 16.3 Å². The van der Waals surface area contributed by atoms with E-state index in [1.54, 1.807) is 12.1 Å². The van der Waals surface area contributed by atoms with Gasteiger partial charge in [-0.05, 0) is 66.1 Å². The summed E-state index contributed by atoms with van der Waals surface area (Å²) < 4.78 is 27.5. The van der Waals surface area contributed by atoms with E-state index in [4.69, 9.17) is 0 Å². The molecule has 0 radical (unpaired) electrons. The van der Waals surface area contributed by atoms with Crippen LogP contribution in [-0.2, 0) is 10.0 Å². The van der Waals surface area contributed by atoms with Crippen molar-refractivity contribution in [1.82, 2.24) is 0 Å². The summed E-state index contributed by atoms with van der Waals surface area (Å²) >= 11 is 0. The van der Waals surface area contributed by atoms with Crippen molar-refractivity contribution in [3.05, 3.63) is 72.8 Å². The van der Waals surface area contributed by atoms with Gasteiger partial charge in [0, 0.05) is 25.5 Å². The quantitative estimate of drug-likeness (QED) is 0.399. The van der Waals surface area contributed by atoms with Gasteiger partial charge in [0.2, 0.25) is 0 Å². The maximum atomic E-state index is 12.6. The predicted molar refractivity (Wildman–Crippen MR) is 118 cm³/mol. The maximum Gasteiger partial charge on any atom is 0.488 e. The van der Waals surface area contributed by atoms with Crippen molar-refractivity contribution in [2.45, 2.75) is 4.90 Å². The van der Waals surface area contributed by atoms with Crippen molar-refractivity contribution in [2.75, 3.05) is 23.7 Å². The van der Waals surface area contributed by atoms with Crippen LogP contribution in [0, 0.1) is 0 Å². The highest BCUT2D eigenvalue weighted by Crippen LogP contribution is 2.23. The molecule has 8 nitrogen and oxygen atoms in total. The summed E-state index contributed by atoms with van der Waals surface area (Å²) in [6.45, 7) is 0. The smallest absolute Gasteiger partial charge is 0.423 e. The highest BCUT2D eigenvalue weighted by molar-refractivity contribution is 7.92. The van der Waals surface area contributed by atoms with Crippen LogP contribution in [0.2, 0.25) is 0 Å². The van der Waals surface area contributed by atoms with Gasteiger partial charge in [-0.1, -0.05) is 12.1 Å². The van der Waals surface area contributed by atoms with Crippen LogP contribution in [0.1, 0.15) is 0 Å². The van der Waals surface area contributed by atoms with Gasteiger partial charge in [-0.3, -0.25) is 4.72 Å². The normalized spacial score (nSPS) is 11.5. The van der Waals surface area contributed by atoms with Gasteiger partial charge in [-0.15, -0.1) is 0 Å². The molecule has 0 amide bonds. The largest absolute Gasteiger partial charge is 0.488 e. The second kappa shape index (κ2) is 9.08. The number of sulfonamides is 1. The lowest BCUT2D eigenvalue weighted by atomic mass is 9.80. The first kappa shape index (κ1) is 21.5. The number of hydrogen-bond acceptors (Lipinski definition) is 7. The summed E-state index contributed by atoms with van der Waals surface area (Å²) in [5.41, 5.74) is 2.66. The molecule has 0 aromatic heterocycles. The molecule has 0 fully saturated rings. The van der Waals surface area contributed by atoms with Crippen LogP contribution in [0.25, 0.3) is 0 Å². The maximum absolute atomic E-state index is 12.6. The molecule has 30 heavy (non-hydrogen) atoms. The van der Waals surface area contributed by atoms with Crippen LogP contribution in [-0.4, -0.2) is 39.7 Å². The standard InChI is InChI=1S/C20H21BN4O4S/c1-25(2)19-10-6-16(7-11-19)22-23-17-8-12-20(13-9-17)30(28,29)24-18-5-3-4-15(14-18)21(26)27/h3-14,24,26-27H,1-2H3. The molecular weight excluding hydrogens is 403 g/mol. The van der Waals surface area contributed by atoms with E-state index < -0.39 is 17.1 Å². The summed E-state index contributed by atoms with van der Waals surface area (Å²) in [4.78, 5) is 2.03. The molecule has 3 rings (SSSR count). The van der Waals surface area contributed by atoms with Crippen molar-refractivity contribution < 1.29 is 18.5 Å². The van der Waals surface area contributed by atoms with Gasteiger partial charge >= 0.3 is 7.12 Å². The number of anilines is 2. The van der Waals surface area contributed by atoms with E-state index in [1.807, 2.05) is 43.3 Å². The fourth-order valence-corrected chi connectivity index (χ4v) is 3.65. The highest BCUT2D eigenvalue weighted by atomic mass is 32.2. The van der Waals surface area contributed by atoms with Crippen molar-refractivity contribution in [3.63, 3.8) is 0 Å². The molecule has 0 atom stereocenters. The molecule has 3 aromatic carbocycles. The monoisotopic (exact) mass is 424 g/mol. The van der Waals surface area contributed by atoms with E-state index in [0.29, 0.717) is 11.4 Å². The van der Waals surface area contributed by atoms with Crippen molar-refractivity contribution in [1.29, 1.82) is 0 Å². The highest BCUT2D eigenvalue weighted by Gasteiger charge is 2.16. The van der Waals surface area contributed by atoms with Gasteiger partial charge in [-0.2, -0.15) is 10.2 Å². The Balaban J connectivity index is 1.72. The number of azo groups is 1. The predicted octanol–water partition coefficient (Wildman–Crippen LogP) is 2.65. The van der Waals surface area contributed by atoms with Crippen LogP contribution in [0.4, 0.5) is 22.7 Å². The fraction of sp³-hybridized carbons (Fsp3) is 0.100. The minimum atomic E-state index is -3.84. The van der Waals surface area contributed by atoms with Crippen molar-refractivity contribution >= 4 is 45.4 Å². The fourth-order valence-electron chi connectivity index (χ4n) is 2.60. The SMILES string of the molecule is CN(C)c1ccc(N=Nc2ccc(S(=O)(=O)Nc3cccc(B(O)O)c3)cc2)cc1. The third-order valence-corrected chi connectivity index (χ3v) is 5.63. The van der Waals surface area contributed by atoms with E-state index in [1.165, 1.54) is 36.4 Å². The average Bonchev–Trinajstić information content (AvgIpc) is 2.72. The number of nitrogens with one attached hydrogen (secondary N) is 1. The van der Waals surface area contributed by atoms with Crippen molar-refractivity contribution in [2.24, 2.45) is 10.2 Å². The number of hydrogen-bond donors (Lipinski definition) is 3. The molecule has 0 heterocycles. The Morgan fingerprint density at radius 2 is 1.43 bits per heavy atom. The zero-order chi connectivity index (χ0) is 21.7. The lowest BCUT2D eigenvalue weighted by molar-refractivity contribution is 0.426. The lowest BCUT2D eigenvalue weighted by Gasteiger charge is -2.11. The van der Waals surface area contributed by atoms with Gasteiger partial charge in [0.15, 0.2) is 0 Å². The molecule has 0 bridgehead atoms. The molecule has 0 saturated carbocycles. The Bertz CT molecular complexity index is 1130. The summed E-state index contributed by atoms with van der Waals surface area (Å²) in [6, 6.07) is 19.4. The zero-order valence-corrected chi connectivity index (χ0v) is 17.3. The van der Waals surface area contributed by atoms with E-state index in [9.17, 15) is 18.5 Å². The minimum Gasteiger partial charge on any atom is -0.423 e. The first-order valence-corrected chi connectivity index (χ1v) is 10.5. The summed E-state index contributed by atoms with van der Waals surface area (Å²) in [5.74, 6) is 0. The van der Waals surface area contributed by atoms with Crippen LogP contribution in [0.3, 0.4) is 0 Å². The molecule has 0 aliphatic heterocycles. The molecule has 10 heteroatoms. The van der Waals surface area contributed by atoms with Crippen LogP contribution in [0.5, 0.6) is 0 Å². The van der Waals surface area contributed by atoms with Crippen LogP contribution < -0.4 is 15.1 Å². The molecule has 0 unspecified atom stereocenters. The van der Waals surface area contributed by atoms with Gasteiger partial charge in [0.25, 0.3) is 10.0 Å². The summed E-state index contributed by atoms with van der Waals surface area (Å²) in [6.07, 6.45) is 0. The molecule has 0 aliphatic carbocycles. The van der Waals surface area contributed by atoms with Gasteiger partial charge in [0.1, 0.15) is 0 Å². The minimum absolute atomic E-state index is 0.0479. The van der Waals surface area contributed by atoms with E-state index in [-0.39, 0.29) is 16.0 Å². The molecule has 0 spiro atoms. The van der Waals surface area contributed by atoms with E-state index in [2.05, 4.69) is 15.0 Å². The first-order chi connectivity index (χ1) is 14.2. The average molecular weight is 424 g/mol. The first-order valence-electron chi connectivity index (χ1n) is 9.03. The van der Waals surface area contributed by atoms with Crippen molar-refractivity contribution in [3.8, 4) is 0 Å². The number of rotatable bonds is 7. The third-order valence-electron chi connectivity index (χ3n) is 4.23. The Hall–Kier alpha value is -3.21. The number of nitrogens with zero attached hydrogens (tertiary/aromatic N) is 3. The summed E-state index contributed by atoms with van der Waals surface area (Å²) in [7, 11) is -1.62. The topological polar surface area (TPSA) is 115 Å².